The van der Waals surface area contributed by atoms with Gasteiger partial charge in [-0.3, -0.25) is 0 Å². The van der Waals surface area contributed by atoms with Gasteiger partial charge in [0.1, 0.15) is 24.0 Å². The van der Waals surface area contributed by atoms with Gasteiger partial charge >= 0.3 is 0 Å². The van der Waals surface area contributed by atoms with Gasteiger partial charge in [-0.05, 0) is 18.2 Å². The molecule has 1 saturated heterocycles. The second-order valence-electron chi connectivity index (χ2n) is 6.24. The molecule has 132 valence electrons. The molecular formula is C19H18N4O3. The van der Waals surface area contributed by atoms with Gasteiger partial charge in [0.25, 0.3) is 0 Å². The number of nitrogens with zero attached hydrogens (tertiary/aromatic N) is 3. The first-order valence-corrected chi connectivity index (χ1v) is 8.66. The van der Waals surface area contributed by atoms with E-state index in [9.17, 15) is 0 Å². The number of furan rings is 1. The predicted octanol–water partition coefficient (Wildman–Crippen LogP) is 2.51. The Morgan fingerprint density at radius 2 is 2.19 bits per heavy atom. The van der Waals surface area contributed by atoms with E-state index in [2.05, 4.69) is 15.4 Å². The van der Waals surface area contributed by atoms with Gasteiger partial charge in [-0.2, -0.15) is 0 Å². The highest BCUT2D eigenvalue weighted by atomic mass is 16.5. The third-order valence-electron chi connectivity index (χ3n) is 4.44. The van der Waals surface area contributed by atoms with Crippen LogP contribution in [0.25, 0.3) is 28.1 Å². The molecule has 1 aromatic carbocycles. The van der Waals surface area contributed by atoms with Crippen LogP contribution < -0.4 is 10.1 Å². The number of aromatic nitrogens is 3. The van der Waals surface area contributed by atoms with Crippen LogP contribution >= 0.6 is 0 Å². The van der Waals surface area contributed by atoms with Gasteiger partial charge in [0.15, 0.2) is 11.4 Å². The minimum atomic E-state index is 0.0406. The molecule has 7 heteroatoms. The van der Waals surface area contributed by atoms with Crippen molar-refractivity contribution in [1.82, 2.24) is 19.9 Å². The van der Waals surface area contributed by atoms with Crippen molar-refractivity contribution in [2.24, 2.45) is 0 Å². The number of hydrogen-bond acceptors (Lipinski definition) is 6. The summed E-state index contributed by atoms with van der Waals surface area (Å²) in [5.41, 5.74) is 2.37. The van der Waals surface area contributed by atoms with E-state index in [1.165, 1.54) is 0 Å². The lowest BCUT2D eigenvalue weighted by molar-refractivity contribution is -0.000968. The number of para-hydroxylation sites is 1. The Hall–Kier alpha value is -2.90. The number of rotatable bonds is 4. The van der Waals surface area contributed by atoms with E-state index < -0.39 is 0 Å². The van der Waals surface area contributed by atoms with Crippen molar-refractivity contribution in [2.75, 3.05) is 26.3 Å². The number of nitrogens with one attached hydrogen (secondary N) is 1. The Labute approximate surface area is 149 Å². The van der Waals surface area contributed by atoms with Crippen LogP contribution in [0.1, 0.15) is 0 Å². The second kappa shape index (κ2) is 6.44. The molecule has 26 heavy (non-hydrogen) atoms. The summed E-state index contributed by atoms with van der Waals surface area (Å²) in [6.07, 6.45) is 1.80. The van der Waals surface area contributed by atoms with Crippen LogP contribution in [-0.2, 0) is 4.74 Å². The number of morpholine rings is 1. The molecule has 4 heterocycles. The summed E-state index contributed by atoms with van der Waals surface area (Å²) in [4.78, 5) is 4.41. The Morgan fingerprint density at radius 1 is 1.23 bits per heavy atom. The molecule has 0 aliphatic carbocycles. The fourth-order valence-electron chi connectivity index (χ4n) is 3.11. The predicted molar refractivity (Wildman–Crippen MR) is 96.3 cm³/mol. The summed E-state index contributed by atoms with van der Waals surface area (Å²) < 4.78 is 19.2. The quantitative estimate of drug-likeness (QED) is 0.610. The number of imidazole rings is 1. The monoisotopic (exact) mass is 350 g/mol. The maximum Gasteiger partial charge on any atom is 0.231 e. The molecule has 1 aliphatic rings. The van der Waals surface area contributed by atoms with Crippen molar-refractivity contribution < 1.29 is 13.9 Å². The zero-order valence-electron chi connectivity index (χ0n) is 14.1. The van der Waals surface area contributed by atoms with Crippen LogP contribution in [0.3, 0.4) is 0 Å². The van der Waals surface area contributed by atoms with Gasteiger partial charge in [0.2, 0.25) is 5.88 Å². The summed E-state index contributed by atoms with van der Waals surface area (Å²) in [5.74, 6) is 1.25. The molecule has 0 amide bonds. The third kappa shape index (κ3) is 2.81. The van der Waals surface area contributed by atoms with E-state index in [0.29, 0.717) is 19.1 Å². The van der Waals surface area contributed by atoms with Crippen molar-refractivity contribution in [3.8, 4) is 17.3 Å². The minimum absolute atomic E-state index is 0.0406. The van der Waals surface area contributed by atoms with Gasteiger partial charge < -0.3 is 19.2 Å². The Kier molecular flexibility index (Phi) is 3.80. The number of benzene rings is 1. The second-order valence-corrected chi connectivity index (χ2v) is 6.24. The van der Waals surface area contributed by atoms with E-state index in [1.54, 1.807) is 10.7 Å². The van der Waals surface area contributed by atoms with Crippen LogP contribution in [0.5, 0.6) is 5.88 Å². The normalized spacial score (nSPS) is 17.8. The zero-order valence-corrected chi connectivity index (χ0v) is 14.1. The molecule has 0 saturated carbocycles. The van der Waals surface area contributed by atoms with Crippen LogP contribution in [0, 0.1) is 0 Å². The average Bonchev–Trinajstić information content (AvgIpc) is 3.30. The first kappa shape index (κ1) is 15.4. The molecule has 0 radical (unpaired) electrons. The molecule has 0 bridgehead atoms. The van der Waals surface area contributed by atoms with Gasteiger partial charge in [0, 0.05) is 24.5 Å². The highest BCUT2D eigenvalue weighted by Gasteiger charge is 2.16. The molecule has 4 aromatic rings. The lowest BCUT2D eigenvalue weighted by Gasteiger charge is -2.23. The van der Waals surface area contributed by atoms with Crippen molar-refractivity contribution >= 4 is 16.6 Å². The minimum Gasteiger partial charge on any atom is -0.474 e. The molecule has 1 N–H and O–H groups in total. The Bertz CT molecular complexity index is 1020. The Morgan fingerprint density at radius 3 is 3.08 bits per heavy atom. The fourth-order valence-corrected chi connectivity index (χ4v) is 3.11. The summed E-state index contributed by atoms with van der Waals surface area (Å²) in [7, 11) is 0. The smallest absolute Gasteiger partial charge is 0.231 e. The SMILES string of the molecule is c1ccc2oc(-c3cnc4ccc(OCC5CNCCO5)nn34)cc2c1. The molecule has 1 atom stereocenters. The summed E-state index contributed by atoms with van der Waals surface area (Å²) in [6, 6.07) is 13.6. The highest BCUT2D eigenvalue weighted by Crippen LogP contribution is 2.28. The number of ether oxygens (including phenoxy) is 2. The largest absolute Gasteiger partial charge is 0.474 e. The highest BCUT2D eigenvalue weighted by molar-refractivity contribution is 5.82. The van der Waals surface area contributed by atoms with Gasteiger partial charge in [-0.25, -0.2) is 9.50 Å². The van der Waals surface area contributed by atoms with Crippen molar-refractivity contribution in [3.63, 3.8) is 0 Å². The molecule has 1 fully saturated rings. The van der Waals surface area contributed by atoms with Gasteiger partial charge in [-0.1, -0.05) is 18.2 Å². The van der Waals surface area contributed by atoms with Gasteiger partial charge in [-0.15, -0.1) is 5.10 Å². The fraction of sp³-hybridized carbons (Fsp3) is 0.263. The average molecular weight is 350 g/mol. The molecule has 5 rings (SSSR count). The first-order chi connectivity index (χ1) is 12.9. The lowest BCUT2D eigenvalue weighted by atomic mass is 10.2. The van der Waals surface area contributed by atoms with Gasteiger partial charge in [0.05, 0.1) is 12.8 Å². The summed E-state index contributed by atoms with van der Waals surface area (Å²) >= 11 is 0. The standard InChI is InChI=1S/C19H18N4O3/c1-2-4-16-13(3-1)9-17(26-16)15-11-21-18-5-6-19(22-23(15)18)25-12-14-10-20-7-8-24-14/h1-6,9,11,14,20H,7-8,10,12H2. The molecule has 7 nitrogen and oxygen atoms in total. The first-order valence-electron chi connectivity index (χ1n) is 8.66. The van der Waals surface area contributed by atoms with E-state index in [1.807, 2.05) is 42.5 Å². The van der Waals surface area contributed by atoms with E-state index in [0.717, 1.165) is 41.2 Å². The van der Waals surface area contributed by atoms with E-state index >= 15 is 0 Å². The summed E-state index contributed by atoms with van der Waals surface area (Å²) in [6.45, 7) is 2.84. The van der Waals surface area contributed by atoms with Crippen LogP contribution in [0.2, 0.25) is 0 Å². The summed E-state index contributed by atoms with van der Waals surface area (Å²) in [5, 5.41) is 8.90. The molecular weight excluding hydrogens is 332 g/mol. The van der Waals surface area contributed by atoms with E-state index in [-0.39, 0.29) is 6.10 Å². The maximum atomic E-state index is 5.95. The van der Waals surface area contributed by atoms with Crippen molar-refractivity contribution in [3.05, 3.63) is 48.7 Å². The Balaban J connectivity index is 1.44. The van der Waals surface area contributed by atoms with Crippen LogP contribution in [-0.4, -0.2) is 47.0 Å². The molecule has 3 aromatic heterocycles. The molecule has 1 unspecified atom stereocenters. The zero-order chi connectivity index (χ0) is 17.3. The molecule has 1 aliphatic heterocycles. The van der Waals surface area contributed by atoms with Crippen LogP contribution in [0.15, 0.2) is 53.1 Å². The van der Waals surface area contributed by atoms with Crippen LogP contribution in [0.4, 0.5) is 0 Å². The molecule has 0 spiro atoms. The number of fused-ring (bicyclic) bond motifs is 2. The van der Waals surface area contributed by atoms with E-state index in [4.69, 9.17) is 13.9 Å². The van der Waals surface area contributed by atoms with Crippen molar-refractivity contribution in [2.45, 2.75) is 6.10 Å². The third-order valence-corrected chi connectivity index (χ3v) is 4.44. The van der Waals surface area contributed by atoms with Crippen molar-refractivity contribution in [1.29, 1.82) is 0 Å². The lowest BCUT2D eigenvalue weighted by Crippen LogP contribution is -2.41. The number of hydrogen-bond donors (Lipinski definition) is 1. The topological polar surface area (TPSA) is 73.8 Å². The maximum absolute atomic E-state index is 5.95.